The van der Waals surface area contributed by atoms with E-state index in [0.29, 0.717) is 18.0 Å². The molecule has 7 nitrogen and oxygen atoms in total. The van der Waals surface area contributed by atoms with Gasteiger partial charge in [-0.3, -0.25) is 0 Å². The number of nitrogens with one attached hydrogen (secondary N) is 1. The molecular formula is C15H17N5O2S. The highest BCUT2D eigenvalue weighted by molar-refractivity contribution is 7.17. The minimum absolute atomic E-state index is 0.338. The summed E-state index contributed by atoms with van der Waals surface area (Å²) in [5, 5.41) is 5.79. The number of esters is 1. The summed E-state index contributed by atoms with van der Waals surface area (Å²) in [6.07, 6.45) is 7.91. The molecule has 0 spiro atoms. The summed E-state index contributed by atoms with van der Waals surface area (Å²) in [7, 11) is 0. The van der Waals surface area contributed by atoms with E-state index in [1.54, 1.807) is 24.8 Å². The smallest absolute Gasteiger partial charge is 0.339 e. The maximum absolute atomic E-state index is 12.0. The zero-order valence-electron chi connectivity index (χ0n) is 12.7. The number of rotatable bonds is 7. The Morgan fingerprint density at radius 3 is 3.13 bits per heavy atom. The molecule has 0 aromatic carbocycles. The monoisotopic (exact) mass is 331 g/mol. The van der Waals surface area contributed by atoms with Crippen molar-refractivity contribution in [1.29, 1.82) is 0 Å². The molecule has 0 aliphatic carbocycles. The largest absolute Gasteiger partial charge is 0.462 e. The van der Waals surface area contributed by atoms with Gasteiger partial charge in [0.2, 0.25) is 0 Å². The quantitative estimate of drug-likeness (QED) is 0.529. The lowest BCUT2D eigenvalue weighted by atomic mass is 10.2. The second-order valence-corrected chi connectivity index (χ2v) is 5.71. The summed E-state index contributed by atoms with van der Waals surface area (Å²) in [6.45, 7) is 3.74. The highest BCUT2D eigenvalue weighted by atomic mass is 32.1. The van der Waals surface area contributed by atoms with Crippen molar-refractivity contribution in [1.82, 2.24) is 19.5 Å². The number of imidazole rings is 1. The van der Waals surface area contributed by atoms with E-state index in [1.165, 1.54) is 17.7 Å². The molecule has 3 heterocycles. The van der Waals surface area contributed by atoms with Crippen LogP contribution in [0, 0.1) is 0 Å². The summed E-state index contributed by atoms with van der Waals surface area (Å²) in [6, 6.07) is 0. The van der Waals surface area contributed by atoms with Gasteiger partial charge < -0.3 is 14.6 Å². The van der Waals surface area contributed by atoms with Crippen LogP contribution in [0.3, 0.4) is 0 Å². The SMILES string of the molecule is CCOC(=O)c1csc2ncnc(NCCCn3ccnc3)c12. The highest BCUT2D eigenvalue weighted by Crippen LogP contribution is 2.29. The Morgan fingerprint density at radius 1 is 1.43 bits per heavy atom. The molecule has 1 N–H and O–H groups in total. The first kappa shape index (κ1) is 15.4. The Balaban J connectivity index is 1.72. The highest BCUT2D eigenvalue weighted by Gasteiger charge is 2.17. The molecule has 0 aliphatic rings. The lowest BCUT2D eigenvalue weighted by Gasteiger charge is -2.08. The predicted octanol–water partition coefficient (Wildman–Crippen LogP) is 2.57. The van der Waals surface area contributed by atoms with Gasteiger partial charge in [0.05, 0.1) is 23.9 Å². The van der Waals surface area contributed by atoms with E-state index in [9.17, 15) is 4.79 Å². The summed E-state index contributed by atoms with van der Waals surface area (Å²) in [5.41, 5.74) is 0.518. The molecule has 0 saturated carbocycles. The number of thiophene rings is 1. The van der Waals surface area contributed by atoms with Crippen LogP contribution >= 0.6 is 11.3 Å². The van der Waals surface area contributed by atoms with E-state index in [1.807, 2.05) is 10.8 Å². The molecule has 0 aliphatic heterocycles. The van der Waals surface area contributed by atoms with Crippen LogP contribution in [0.25, 0.3) is 10.2 Å². The number of carbonyl (C=O) groups is 1. The van der Waals surface area contributed by atoms with Gasteiger partial charge in [0.1, 0.15) is 17.0 Å². The summed E-state index contributed by atoms with van der Waals surface area (Å²) < 4.78 is 7.12. The van der Waals surface area contributed by atoms with Crippen LogP contribution in [-0.4, -0.2) is 38.6 Å². The van der Waals surface area contributed by atoms with Crippen molar-refractivity contribution in [3.63, 3.8) is 0 Å². The maximum Gasteiger partial charge on any atom is 0.339 e. The third-order valence-corrected chi connectivity index (χ3v) is 4.20. The molecule has 0 fully saturated rings. The number of anilines is 1. The van der Waals surface area contributed by atoms with Crippen LogP contribution in [0.15, 0.2) is 30.4 Å². The standard InChI is InChI=1S/C15H17N5O2S/c1-2-22-15(21)11-8-23-14-12(11)13(18-9-19-14)17-4-3-6-20-7-5-16-10-20/h5,7-10H,2-4,6H2,1H3,(H,17,18,19). The first-order valence-corrected chi connectivity index (χ1v) is 8.26. The van der Waals surface area contributed by atoms with E-state index < -0.39 is 0 Å². The number of aromatic nitrogens is 4. The zero-order chi connectivity index (χ0) is 16.1. The minimum Gasteiger partial charge on any atom is -0.462 e. The number of ether oxygens (including phenoxy) is 1. The van der Waals surface area contributed by atoms with Crippen LogP contribution in [0.5, 0.6) is 0 Å². The number of aryl methyl sites for hydroxylation is 1. The van der Waals surface area contributed by atoms with Gasteiger partial charge in [-0.25, -0.2) is 19.7 Å². The molecule has 3 aromatic heterocycles. The second-order valence-electron chi connectivity index (χ2n) is 4.85. The topological polar surface area (TPSA) is 81.9 Å². The van der Waals surface area contributed by atoms with Crippen molar-refractivity contribution in [2.24, 2.45) is 0 Å². The van der Waals surface area contributed by atoms with Crippen LogP contribution in [0.4, 0.5) is 5.82 Å². The maximum atomic E-state index is 12.0. The fourth-order valence-electron chi connectivity index (χ4n) is 2.26. The van der Waals surface area contributed by atoms with Gasteiger partial charge >= 0.3 is 5.97 Å². The molecule has 0 atom stereocenters. The minimum atomic E-state index is -0.338. The van der Waals surface area contributed by atoms with E-state index in [0.717, 1.165) is 29.7 Å². The van der Waals surface area contributed by atoms with Gasteiger partial charge in [-0.05, 0) is 13.3 Å². The van der Waals surface area contributed by atoms with Gasteiger partial charge in [-0.15, -0.1) is 11.3 Å². The first-order valence-electron chi connectivity index (χ1n) is 7.38. The number of carbonyl (C=O) groups excluding carboxylic acids is 1. The Morgan fingerprint density at radius 2 is 2.35 bits per heavy atom. The summed E-state index contributed by atoms with van der Waals surface area (Å²) in [5.74, 6) is 0.333. The Kier molecular flexibility index (Phi) is 4.82. The van der Waals surface area contributed by atoms with Gasteiger partial charge in [-0.2, -0.15) is 0 Å². The normalized spacial score (nSPS) is 10.8. The number of fused-ring (bicyclic) bond motifs is 1. The fraction of sp³-hybridized carbons (Fsp3) is 0.333. The lowest BCUT2D eigenvalue weighted by molar-refractivity contribution is 0.0529. The molecule has 0 bridgehead atoms. The van der Waals surface area contributed by atoms with Crippen molar-refractivity contribution in [2.75, 3.05) is 18.5 Å². The summed E-state index contributed by atoms with van der Waals surface area (Å²) >= 11 is 1.42. The summed E-state index contributed by atoms with van der Waals surface area (Å²) in [4.78, 5) is 25.3. The average Bonchev–Trinajstić information content (AvgIpc) is 3.21. The zero-order valence-corrected chi connectivity index (χ0v) is 13.5. The second kappa shape index (κ2) is 7.19. The Labute approximate surface area is 137 Å². The third-order valence-electron chi connectivity index (χ3n) is 3.31. The van der Waals surface area contributed by atoms with Gasteiger partial charge in [-0.1, -0.05) is 0 Å². The van der Waals surface area contributed by atoms with E-state index in [4.69, 9.17) is 4.74 Å². The number of nitrogens with zero attached hydrogens (tertiary/aromatic N) is 4. The molecule has 0 amide bonds. The van der Waals surface area contributed by atoms with Crippen LogP contribution in [-0.2, 0) is 11.3 Å². The third kappa shape index (κ3) is 3.48. The molecule has 120 valence electrons. The Bertz CT molecular complexity index is 784. The van der Waals surface area contributed by atoms with Crippen LogP contribution in [0.2, 0.25) is 0 Å². The van der Waals surface area contributed by atoms with Crippen molar-refractivity contribution in [3.05, 3.63) is 36.0 Å². The lowest BCUT2D eigenvalue weighted by Crippen LogP contribution is -2.09. The molecule has 0 radical (unpaired) electrons. The van der Waals surface area contributed by atoms with Crippen molar-refractivity contribution < 1.29 is 9.53 Å². The van der Waals surface area contributed by atoms with Crippen LogP contribution in [0.1, 0.15) is 23.7 Å². The van der Waals surface area contributed by atoms with Gasteiger partial charge in [0.15, 0.2) is 0 Å². The van der Waals surface area contributed by atoms with E-state index in [2.05, 4.69) is 20.3 Å². The van der Waals surface area contributed by atoms with E-state index >= 15 is 0 Å². The van der Waals surface area contributed by atoms with Gasteiger partial charge in [0, 0.05) is 30.9 Å². The molecule has 8 heteroatoms. The van der Waals surface area contributed by atoms with E-state index in [-0.39, 0.29) is 5.97 Å². The van der Waals surface area contributed by atoms with Crippen LogP contribution < -0.4 is 5.32 Å². The number of hydrogen-bond donors (Lipinski definition) is 1. The average molecular weight is 331 g/mol. The predicted molar refractivity (Wildman–Crippen MR) is 88.7 cm³/mol. The number of hydrogen-bond acceptors (Lipinski definition) is 7. The van der Waals surface area contributed by atoms with Crippen molar-refractivity contribution in [3.8, 4) is 0 Å². The molecular weight excluding hydrogens is 314 g/mol. The molecule has 0 saturated heterocycles. The Hall–Kier alpha value is -2.48. The fourth-order valence-corrected chi connectivity index (χ4v) is 3.13. The first-order chi connectivity index (χ1) is 11.3. The van der Waals surface area contributed by atoms with Crippen molar-refractivity contribution in [2.45, 2.75) is 19.9 Å². The molecule has 3 aromatic rings. The molecule has 0 unspecified atom stereocenters. The van der Waals surface area contributed by atoms with Gasteiger partial charge in [0.25, 0.3) is 0 Å². The van der Waals surface area contributed by atoms with Crippen molar-refractivity contribution >= 4 is 33.3 Å². The molecule has 3 rings (SSSR count). The molecule has 23 heavy (non-hydrogen) atoms.